The molecule has 0 spiro atoms. The molecule has 0 bridgehead atoms. The fourth-order valence-corrected chi connectivity index (χ4v) is 3.22. The summed E-state index contributed by atoms with van der Waals surface area (Å²) < 4.78 is 4.37. The maximum Gasteiger partial charge on any atom is 0.0715 e. The van der Waals surface area contributed by atoms with E-state index in [1.807, 2.05) is 5.38 Å². The van der Waals surface area contributed by atoms with Crippen LogP contribution in [-0.4, -0.2) is 4.37 Å². The van der Waals surface area contributed by atoms with Gasteiger partial charge in [0.15, 0.2) is 0 Å². The first-order valence-corrected chi connectivity index (χ1v) is 6.28. The van der Waals surface area contributed by atoms with Gasteiger partial charge in [-0.2, -0.15) is 4.37 Å². The Kier molecular flexibility index (Phi) is 2.88. The van der Waals surface area contributed by atoms with Crippen molar-refractivity contribution in [3.63, 3.8) is 0 Å². The highest BCUT2D eigenvalue weighted by atomic mass is 32.1. The summed E-state index contributed by atoms with van der Waals surface area (Å²) >= 11 is 1.51. The van der Waals surface area contributed by atoms with E-state index >= 15 is 0 Å². The highest BCUT2D eigenvalue weighted by Crippen LogP contribution is 2.48. The summed E-state index contributed by atoms with van der Waals surface area (Å²) in [7, 11) is 0. The molecule has 1 aliphatic rings. The molecule has 1 aromatic rings. The summed E-state index contributed by atoms with van der Waals surface area (Å²) in [5.74, 6) is 0. The predicted molar refractivity (Wildman–Crippen MR) is 60.2 cm³/mol. The first-order chi connectivity index (χ1) is 6.78. The lowest BCUT2D eigenvalue weighted by atomic mass is 9.75. The smallest absolute Gasteiger partial charge is 0.0715 e. The van der Waals surface area contributed by atoms with Gasteiger partial charge in [-0.1, -0.05) is 19.8 Å². The third-order valence-corrected chi connectivity index (χ3v) is 4.31. The molecule has 2 nitrogen and oxygen atoms in total. The zero-order valence-corrected chi connectivity index (χ0v) is 9.52. The Hall–Kier alpha value is -0.410. The normalized spacial score (nSPS) is 22.4. The van der Waals surface area contributed by atoms with Gasteiger partial charge in [-0.15, -0.1) is 0 Å². The van der Waals surface area contributed by atoms with E-state index in [1.165, 1.54) is 43.6 Å². The topological polar surface area (TPSA) is 38.9 Å². The lowest BCUT2D eigenvalue weighted by Gasteiger charge is -2.33. The Morgan fingerprint density at radius 2 is 2.29 bits per heavy atom. The molecule has 1 saturated carbocycles. The highest BCUT2D eigenvalue weighted by molar-refractivity contribution is 7.03. The summed E-state index contributed by atoms with van der Waals surface area (Å²) in [6.45, 7) is 2.26. The van der Waals surface area contributed by atoms with Gasteiger partial charge in [0, 0.05) is 5.38 Å². The average Bonchev–Trinajstić information content (AvgIpc) is 2.89. The lowest BCUT2D eigenvalue weighted by molar-refractivity contribution is 0.219. The largest absolute Gasteiger partial charge is 0.322 e. The molecular formula is C11H18N2S. The summed E-state index contributed by atoms with van der Waals surface area (Å²) in [5.41, 5.74) is 7.77. The SMILES string of the molecule is CCC1(C(N)c2ccsn2)CCCC1. The Morgan fingerprint density at radius 1 is 1.57 bits per heavy atom. The summed E-state index contributed by atoms with van der Waals surface area (Å²) in [4.78, 5) is 0. The van der Waals surface area contributed by atoms with Crippen LogP contribution < -0.4 is 5.73 Å². The number of nitrogens with two attached hydrogens (primary N) is 1. The van der Waals surface area contributed by atoms with E-state index in [4.69, 9.17) is 5.73 Å². The quantitative estimate of drug-likeness (QED) is 0.832. The predicted octanol–water partition coefficient (Wildman–Crippen LogP) is 3.11. The minimum absolute atomic E-state index is 0.154. The van der Waals surface area contributed by atoms with Gasteiger partial charge in [0.2, 0.25) is 0 Å². The third kappa shape index (κ3) is 1.59. The van der Waals surface area contributed by atoms with Crippen molar-refractivity contribution in [1.29, 1.82) is 0 Å². The van der Waals surface area contributed by atoms with E-state index in [0.717, 1.165) is 5.69 Å². The molecule has 0 saturated heterocycles. The highest BCUT2D eigenvalue weighted by Gasteiger charge is 2.39. The molecule has 0 aliphatic heterocycles. The summed E-state index contributed by atoms with van der Waals surface area (Å²) in [5, 5.41) is 2.02. The number of nitrogens with zero attached hydrogens (tertiary/aromatic N) is 1. The molecule has 14 heavy (non-hydrogen) atoms. The van der Waals surface area contributed by atoms with Gasteiger partial charge >= 0.3 is 0 Å². The second-order valence-corrected chi connectivity index (χ2v) is 4.99. The molecule has 1 atom stereocenters. The van der Waals surface area contributed by atoms with Crippen molar-refractivity contribution in [2.45, 2.75) is 45.1 Å². The van der Waals surface area contributed by atoms with E-state index in [1.54, 1.807) is 0 Å². The fourth-order valence-electron chi connectivity index (χ4n) is 2.66. The van der Waals surface area contributed by atoms with Crippen LogP contribution in [0.1, 0.15) is 50.8 Å². The second kappa shape index (κ2) is 3.99. The molecule has 3 heteroatoms. The zero-order chi connectivity index (χ0) is 10.0. The minimum atomic E-state index is 0.154. The molecular weight excluding hydrogens is 192 g/mol. The Bertz CT molecular complexity index is 275. The van der Waals surface area contributed by atoms with Crippen molar-refractivity contribution in [3.05, 3.63) is 17.1 Å². The van der Waals surface area contributed by atoms with Crippen LogP contribution in [0.4, 0.5) is 0 Å². The van der Waals surface area contributed by atoms with Crippen LogP contribution >= 0.6 is 11.5 Å². The van der Waals surface area contributed by atoms with Crippen LogP contribution in [0.5, 0.6) is 0 Å². The zero-order valence-electron chi connectivity index (χ0n) is 8.70. The van der Waals surface area contributed by atoms with Crippen LogP contribution in [-0.2, 0) is 0 Å². The molecule has 0 aromatic carbocycles. The molecule has 78 valence electrons. The van der Waals surface area contributed by atoms with Crippen molar-refractivity contribution in [1.82, 2.24) is 4.37 Å². The third-order valence-electron chi connectivity index (χ3n) is 3.74. The molecule has 2 rings (SSSR count). The van der Waals surface area contributed by atoms with Crippen molar-refractivity contribution < 1.29 is 0 Å². The average molecular weight is 210 g/mol. The maximum atomic E-state index is 6.33. The van der Waals surface area contributed by atoms with Crippen LogP contribution in [0.3, 0.4) is 0 Å². The van der Waals surface area contributed by atoms with Crippen molar-refractivity contribution >= 4 is 11.5 Å². The maximum absolute atomic E-state index is 6.33. The van der Waals surface area contributed by atoms with Crippen molar-refractivity contribution in [3.8, 4) is 0 Å². The molecule has 1 aliphatic carbocycles. The second-order valence-electron chi connectivity index (χ2n) is 4.33. The van der Waals surface area contributed by atoms with Gasteiger partial charge in [-0.05, 0) is 42.3 Å². The van der Waals surface area contributed by atoms with E-state index in [9.17, 15) is 0 Å². The number of hydrogen-bond donors (Lipinski definition) is 1. The molecule has 1 fully saturated rings. The molecule has 1 heterocycles. The van der Waals surface area contributed by atoms with Gasteiger partial charge in [-0.3, -0.25) is 0 Å². The van der Waals surface area contributed by atoms with Crippen LogP contribution in [0.2, 0.25) is 0 Å². The summed E-state index contributed by atoms with van der Waals surface area (Å²) in [6.07, 6.45) is 6.42. The van der Waals surface area contributed by atoms with Crippen molar-refractivity contribution in [2.75, 3.05) is 0 Å². The van der Waals surface area contributed by atoms with Crippen LogP contribution in [0.25, 0.3) is 0 Å². The molecule has 0 amide bonds. The Labute approximate surface area is 89.7 Å². The van der Waals surface area contributed by atoms with Gasteiger partial charge in [0.1, 0.15) is 0 Å². The van der Waals surface area contributed by atoms with Gasteiger partial charge in [-0.25, -0.2) is 0 Å². The Morgan fingerprint density at radius 3 is 2.79 bits per heavy atom. The number of hydrogen-bond acceptors (Lipinski definition) is 3. The molecule has 1 unspecified atom stereocenters. The molecule has 0 radical (unpaired) electrons. The first-order valence-electron chi connectivity index (χ1n) is 5.44. The molecule has 2 N–H and O–H groups in total. The molecule has 1 aromatic heterocycles. The monoisotopic (exact) mass is 210 g/mol. The van der Waals surface area contributed by atoms with E-state index in [-0.39, 0.29) is 6.04 Å². The van der Waals surface area contributed by atoms with E-state index in [2.05, 4.69) is 17.4 Å². The van der Waals surface area contributed by atoms with Gasteiger partial charge in [0.25, 0.3) is 0 Å². The number of aromatic nitrogens is 1. The van der Waals surface area contributed by atoms with Gasteiger partial charge < -0.3 is 5.73 Å². The lowest BCUT2D eigenvalue weighted by Crippen LogP contribution is -2.31. The minimum Gasteiger partial charge on any atom is -0.322 e. The van der Waals surface area contributed by atoms with Gasteiger partial charge in [0.05, 0.1) is 11.7 Å². The standard InChI is InChI=1S/C11H18N2S/c1-2-11(6-3-4-7-11)10(12)9-5-8-14-13-9/h5,8,10H,2-4,6-7,12H2,1H3. The van der Waals surface area contributed by atoms with E-state index in [0.29, 0.717) is 5.41 Å². The van der Waals surface area contributed by atoms with Crippen molar-refractivity contribution in [2.24, 2.45) is 11.1 Å². The fraction of sp³-hybridized carbons (Fsp3) is 0.727. The first kappa shape index (κ1) is 10.1. The number of rotatable bonds is 3. The summed E-state index contributed by atoms with van der Waals surface area (Å²) in [6, 6.07) is 2.23. The Balaban J connectivity index is 2.19. The van der Waals surface area contributed by atoms with Crippen LogP contribution in [0, 0.1) is 5.41 Å². The van der Waals surface area contributed by atoms with E-state index < -0.39 is 0 Å². The van der Waals surface area contributed by atoms with Crippen LogP contribution in [0.15, 0.2) is 11.4 Å².